The number of fused-ring (bicyclic) bond motifs is 1. The zero-order valence-electron chi connectivity index (χ0n) is 18.9. The SMILES string of the molecule is Nc1ncnc2c1c(-c1ccc(C(=O)Nc3cc(C(F)(F)F)ccn3)cc1)nn2C1CCN(C(=O)[O-])C1. The summed E-state index contributed by atoms with van der Waals surface area (Å²) in [6.45, 7) is 0.486. The summed E-state index contributed by atoms with van der Waals surface area (Å²) >= 11 is 0. The van der Waals surface area contributed by atoms with Gasteiger partial charge in [0.2, 0.25) is 0 Å². The summed E-state index contributed by atoms with van der Waals surface area (Å²) in [5, 5.41) is 18.7. The highest BCUT2D eigenvalue weighted by molar-refractivity contribution is 6.04. The van der Waals surface area contributed by atoms with Crippen LogP contribution in [0.15, 0.2) is 48.9 Å². The van der Waals surface area contributed by atoms with Gasteiger partial charge in [0.05, 0.1) is 17.0 Å². The van der Waals surface area contributed by atoms with Gasteiger partial charge in [-0.2, -0.15) is 18.3 Å². The van der Waals surface area contributed by atoms with E-state index in [1.807, 2.05) is 0 Å². The summed E-state index contributed by atoms with van der Waals surface area (Å²) in [5.74, 6) is -0.705. The van der Waals surface area contributed by atoms with Crippen molar-refractivity contribution in [3.63, 3.8) is 0 Å². The quantitative estimate of drug-likeness (QED) is 0.423. The minimum Gasteiger partial charge on any atom is -0.530 e. The molecule has 190 valence electrons. The lowest BCUT2D eigenvalue weighted by Gasteiger charge is -2.18. The fourth-order valence-electron chi connectivity index (χ4n) is 4.20. The Balaban J connectivity index is 1.43. The maximum atomic E-state index is 12.9. The number of halogens is 3. The number of aromatic nitrogens is 5. The van der Waals surface area contributed by atoms with E-state index in [2.05, 4.69) is 25.4 Å². The largest absolute Gasteiger partial charge is 0.530 e. The Hall–Kier alpha value is -4.75. The smallest absolute Gasteiger partial charge is 0.416 e. The van der Waals surface area contributed by atoms with Crippen LogP contribution in [0, 0.1) is 0 Å². The second-order valence-corrected chi connectivity index (χ2v) is 8.36. The standard InChI is InChI=1S/C23H19F3N8O3/c24-23(25,26)14-5-7-28-16(9-14)31-21(35)13-3-1-12(2-4-13)18-17-19(27)29-11-30-20(17)34(32-18)15-6-8-33(10-15)22(36)37/h1-5,7,9,11,15H,6,8,10H2,(H,36,37)(H2,27,29,30)(H,28,31,35)/p-1. The van der Waals surface area contributed by atoms with Gasteiger partial charge >= 0.3 is 6.18 Å². The fourth-order valence-corrected chi connectivity index (χ4v) is 4.20. The predicted octanol–water partition coefficient (Wildman–Crippen LogP) is 2.33. The number of benzene rings is 1. The maximum absolute atomic E-state index is 12.9. The third-order valence-corrected chi connectivity index (χ3v) is 6.03. The van der Waals surface area contributed by atoms with E-state index in [1.54, 1.807) is 16.8 Å². The molecule has 1 fully saturated rings. The predicted molar refractivity (Wildman–Crippen MR) is 123 cm³/mol. The van der Waals surface area contributed by atoms with Gasteiger partial charge in [-0.3, -0.25) is 4.79 Å². The van der Waals surface area contributed by atoms with Crippen molar-refractivity contribution in [1.29, 1.82) is 0 Å². The molecule has 37 heavy (non-hydrogen) atoms. The fraction of sp³-hybridized carbons (Fsp3) is 0.217. The molecule has 0 bridgehead atoms. The Morgan fingerprint density at radius 2 is 1.86 bits per heavy atom. The van der Waals surface area contributed by atoms with E-state index in [0.717, 1.165) is 18.3 Å². The second-order valence-electron chi connectivity index (χ2n) is 8.36. The van der Waals surface area contributed by atoms with Gasteiger partial charge in [0.15, 0.2) is 5.65 Å². The number of carboxylic acid groups (broad SMARTS) is 1. The van der Waals surface area contributed by atoms with Crippen LogP contribution in [0.1, 0.15) is 28.4 Å². The number of likely N-dealkylation sites (tertiary alicyclic amines) is 1. The Kier molecular flexibility index (Phi) is 5.85. The molecule has 0 aliphatic carbocycles. The number of rotatable bonds is 4. The van der Waals surface area contributed by atoms with Crippen LogP contribution in [0.4, 0.5) is 29.6 Å². The van der Waals surface area contributed by atoms with Gasteiger partial charge in [0, 0.05) is 30.4 Å². The van der Waals surface area contributed by atoms with Crippen molar-refractivity contribution in [2.75, 3.05) is 24.1 Å². The van der Waals surface area contributed by atoms with Crippen molar-refractivity contribution in [3.8, 4) is 11.3 Å². The molecule has 5 rings (SSSR count). The first-order valence-corrected chi connectivity index (χ1v) is 11.0. The Morgan fingerprint density at radius 1 is 1.11 bits per heavy atom. The van der Waals surface area contributed by atoms with Gasteiger partial charge in [-0.25, -0.2) is 19.6 Å². The number of nitrogens with one attached hydrogen (secondary N) is 1. The molecule has 2 amide bonds. The molecule has 1 saturated heterocycles. The lowest BCUT2D eigenvalue weighted by Crippen LogP contribution is -2.39. The van der Waals surface area contributed by atoms with Crippen LogP contribution in [0.5, 0.6) is 0 Å². The van der Waals surface area contributed by atoms with Gasteiger partial charge in [-0.05, 0) is 30.7 Å². The molecule has 3 N–H and O–H groups in total. The van der Waals surface area contributed by atoms with E-state index in [1.165, 1.54) is 23.4 Å². The van der Waals surface area contributed by atoms with E-state index in [-0.39, 0.29) is 29.8 Å². The molecule has 4 heterocycles. The second kappa shape index (κ2) is 9.04. The molecular formula is C23H18F3N8O3-. The average molecular weight is 511 g/mol. The van der Waals surface area contributed by atoms with Crippen LogP contribution in [0.25, 0.3) is 22.3 Å². The molecule has 1 unspecified atom stereocenters. The number of carbonyl (C=O) groups is 2. The molecule has 0 radical (unpaired) electrons. The Bertz CT molecular complexity index is 1500. The summed E-state index contributed by atoms with van der Waals surface area (Å²) < 4.78 is 40.4. The molecule has 1 aliphatic heterocycles. The van der Waals surface area contributed by atoms with Crippen LogP contribution in [-0.2, 0) is 6.18 Å². The van der Waals surface area contributed by atoms with Crippen LogP contribution >= 0.6 is 0 Å². The maximum Gasteiger partial charge on any atom is 0.416 e. The number of alkyl halides is 3. The van der Waals surface area contributed by atoms with Crippen LogP contribution in [-0.4, -0.2) is 54.7 Å². The van der Waals surface area contributed by atoms with Gasteiger partial charge in [-0.15, -0.1) is 0 Å². The highest BCUT2D eigenvalue weighted by atomic mass is 19.4. The van der Waals surface area contributed by atoms with Gasteiger partial charge in [-0.1, -0.05) is 12.1 Å². The molecule has 1 aromatic carbocycles. The molecule has 3 aromatic heterocycles. The first-order chi connectivity index (χ1) is 17.6. The third-order valence-electron chi connectivity index (χ3n) is 6.03. The lowest BCUT2D eigenvalue weighted by atomic mass is 10.1. The summed E-state index contributed by atoms with van der Waals surface area (Å²) in [6, 6.07) is 7.45. The van der Waals surface area contributed by atoms with Gasteiger partial charge < -0.3 is 25.9 Å². The number of amides is 2. The lowest BCUT2D eigenvalue weighted by molar-refractivity contribution is -0.264. The number of anilines is 2. The normalized spacial score (nSPS) is 15.8. The highest BCUT2D eigenvalue weighted by Crippen LogP contribution is 2.34. The summed E-state index contributed by atoms with van der Waals surface area (Å²) in [6.07, 6.45) is -3.06. The number of carbonyl (C=O) groups excluding carboxylic acids is 2. The third kappa shape index (κ3) is 4.60. The number of nitrogens with two attached hydrogens (primary N) is 1. The monoisotopic (exact) mass is 511 g/mol. The number of nitrogen functional groups attached to an aromatic ring is 1. The van der Waals surface area contributed by atoms with E-state index >= 15 is 0 Å². The van der Waals surface area contributed by atoms with Crippen molar-refractivity contribution >= 4 is 34.7 Å². The van der Waals surface area contributed by atoms with Crippen molar-refractivity contribution < 1.29 is 27.9 Å². The molecule has 0 saturated carbocycles. The van der Waals surface area contributed by atoms with E-state index in [0.29, 0.717) is 35.3 Å². The molecule has 1 aliphatic rings. The van der Waals surface area contributed by atoms with Crippen LogP contribution in [0.2, 0.25) is 0 Å². The Labute approximate surface area is 206 Å². The van der Waals surface area contributed by atoms with Gasteiger partial charge in [0.1, 0.15) is 29.8 Å². The van der Waals surface area contributed by atoms with Crippen molar-refractivity contribution in [2.24, 2.45) is 0 Å². The minimum atomic E-state index is -4.57. The average Bonchev–Trinajstić information content (AvgIpc) is 3.50. The molecule has 1 atom stereocenters. The summed E-state index contributed by atoms with van der Waals surface area (Å²) in [7, 11) is 0. The first-order valence-electron chi connectivity index (χ1n) is 11.0. The molecule has 11 nitrogen and oxygen atoms in total. The zero-order chi connectivity index (χ0) is 26.3. The molecule has 14 heteroatoms. The van der Waals surface area contributed by atoms with Crippen LogP contribution in [0.3, 0.4) is 0 Å². The number of pyridine rings is 1. The van der Waals surface area contributed by atoms with E-state index < -0.39 is 23.7 Å². The van der Waals surface area contributed by atoms with Crippen molar-refractivity contribution in [3.05, 3.63) is 60.0 Å². The molecule has 0 spiro atoms. The van der Waals surface area contributed by atoms with Crippen molar-refractivity contribution in [2.45, 2.75) is 18.6 Å². The topological polar surface area (TPSA) is 155 Å². The molecular weight excluding hydrogens is 493 g/mol. The van der Waals surface area contributed by atoms with Crippen molar-refractivity contribution in [1.82, 2.24) is 29.6 Å². The number of nitrogens with zero attached hydrogens (tertiary/aromatic N) is 6. The van der Waals surface area contributed by atoms with Crippen LogP contribution < -0.4 is 16.2 Å². The highest BCUT2D eigenvalue weighted by Gasteiger charge is 2.31. The zero-order valence-corrected chi connectivity index (χ0v) is 18.9. The number of hydrogen-bond acceptors (Lipinski definition) is 8. The summed E-state index contributed by atoms with van der Waals surface area (Å²) in [4.78, 5) is 37.1. The Morgan fingerprint density at radius 3 is 2.54 bits per heavy atom. The van der Waals surface area contributed by atoms with E-state index in [9.17, 15) is 27.9 Å². The molecule has 4 aromatic rings. The minimum absolute atomic E-state index is 0.177. The summed E-state index contributed by atoms with van der Waals surface area (Å²) in [5.41, 5.74) is 6.82. The van der Waals surface area contributed by atoms with E-state index in [4.69, 9.17) is 5.73 Å². The number of hydrogen-bond donors (Lipinski definition) is 2. The first kappa shape index (κ1) is 24.0. The van der Waals surface area contributed by atoms with Gasteiger partial charge in [0.25, 0.3) is 5.91 Å².